The summed E-state index contributed by atoms with van der Waals surface area (Å²) in [7, 11) is 0. The molecule has 3 nitrogen and oxygen atoms in total. The van der Waals surface area contributed by atoms with Gasteiger partial charge in [0.25, 0.3) is 0 Å². The molecule has 0 aromatic carbocycles. The summed E-state index contributed by atoms with van der Waals surface area (Å²) in [5.41, 5.74) is 5.70. The maximum atomic E-state index is 12.9. The van der Waals surface area contributed by atoms with Crippen molar-refractivity contribution >= 4 is 18.3 Å². The molecule has 19 heavy (non-hydrogen) atoms. The van der Waals surface area contributed by atoms with Gasteiger partial charge in [0.15, 0.2) is 0 Å². The van der Waals surface area contributed by atoms with E-state index in [4.69, 9.17) is 5.73 Å². The zero-order valence-electron chi connectivity index (χ0n) is 10.7. The van der Waals surface area contributed by atoms with E-state index in [2.05, 4.69) is 0 Å². The molecule has 0 bridgehead atoms. The zero-order chi connectivity index (χ0) is 13.3. The minimum atomic E-state index is -4.26. The lowest BCUT2D eigenvalue weighted by Gasteiger charge is -2.34. The summed E-state index contributed by atoms with van der Waals surface area (Å²) in [6, 6.07) is -0.0816. The lowest BCUT2D eigenvalue weighted by molar-refractivity contribution is -0.200. The van der Waals surface area contributed by atoms with E-state index in [-0.39, 0.29) is 30.8 Å². The number of hydrogen-bond donors (Lipinski definition) is 1. The number of carbonyl (C=O) groups is 1. The summed E-state index contributed by atoms with van der Waals surface area (Å²) in [4.78, 5) is 13.7. The standard InChI is InChI=1S/C12H19F3N2O.ClH/c13-12(14,15)10-4-2-1-3-9(10)11(18)17-6-5-8(16)7-17;/h8-10H,1-7,16H2;1H/t8-,9?,10?;/m0./s1. The Morgan fingerprint density at radius 2 is 1.79 bits per heavy atom. The van der Waals surface area contributed by atoms with Crippen molar-refractivity contribution < 1.29 is 18.0 Å². The lowest BCUT2D eigenvalue weighted by atomic mass is 9.78. The third kappa shape index (κ3) is 3.75. The normalized spacial score (nSPS) is 32.0. The predicted molar refractivity (Wildman–Crippen MR) is 67.9 cm³/mol. The number of nitrogens with two attached hydrogens (primary N) is 1. The van der Waals surface area contributed by atoms with E-state index in [0.717, 1.165) is 0 Å². The first-order valence-corrected chi connectivity index (χ1v) is 6.50. The van der Waals surface area contributed by atoms with Crippen molar-refractivity contribution in [2.45, 2.75) is 44.3 Å². The predicted octanol–water partition coefficient (Wildman–Crippen LogP) is 2.34. The van der Waals surface area contributed by atoms with Gasteiger partial charge in [-0.3, -0.25) is 4.79 Å². The van der Waals surface area contributed by atoms with E-state index in [1.54, 1.807) is 0 Å². The Morgan fingerprint density at radius 3 is 2.32 bits per heavy atom. The monoisotopic (exact) mass is 300 g/mol. The molecule has 0 aromatic rings. The maximum absolute atomic E-state index is 12.9. The average Bonchev–Trinajstić information content (AvgIpc) is 2.74. The molecular weight excluding hydrogens is 281 g/mol. The van der Waals surface area contributed by atoms with E-state index >= 15 is 0 Å². The third-order valence-electron chi connectivity index (χ3n) is 4.04. The molecule has 3 atom stereocenters. The smallest absolute Gasteiger partial charge is 0.341 e. The van der Waals surface area contributed by atoms with E-state index in [1.165, 1.54) is 4.90 Å². The Morgan fingerprint density at radius 1 is 1.16 bits per heavy atom. The summed E-state index contributed by atoms with van der Waals surface area (Å²) in [5, 5.41) is 0. The fourth-order valence-corrected chi connectivity index (χ4v) is 3.04. The molecule has 2 unspecified atom stereocenters. The third-order valence-corrected chi connectivity index (χ3v) is 4.04. The highest BCUT2D eigenvalue weighted by atomic mass is 35.5. The largest absolute Gasteiger partial charge is 0.392 e. The van der Waals surface area contributed by atoms with Gasteiger partial charge in [0.05, 0.1) is 5.92 Å². The zero-order valence-corrected chi connectivity index (χ0v) is 11.5. The minimum Gasteiger partial charge on any atom is -0.341 e. The topological polar surface area (TPSA) is 46.3 Å². The minimum absolute atomic E-state index is 0. The van der Waals surface area contributed by atoms with Gasteiger partial charge < -0.3 is 10.6 Å². The highest BCUT2D eigenvalue weighted by Gasteiger charge is 2.49. The van der Waals surface area contributed by atoms with Crippen LogP contribution in [-0.2, 0) is 4.79 Å². The molecular formula is C12H20ClF3N2O. The van der Waals surface area contributed by atoms with Crippen LogP contribution in [0.2, 0.25) is 0 Å². The number of rotatable bonds is 1. The molecule has 0 radical (unpaired) electrons. The lowest BCUT2D eigenvalue weighted by Crippen LogP contribution is -2.44. The van der Waals surface area contributed by atoms with E-state index in [1.807, 2.05) is 0 Å². The van der Waals surface area contributed by atoms with E-state index in [9.17, 15) is 18.0 Å². The van der Waals surface area contributed by atoms with Crippen molar-refractivity contribution in [1.82, 2.24) is 4.90 Å². The van der Waals surface area contributed by atoms with Crippen molar-refractivity contribution in [3.63, 3.8) is 0 Å². The summed E-state index contributed by atoms with van der Waals surface area (Å²) in [6.45, 7) is 0.904. The second-order valence-electron chi connectivity index (χ2n) is 5.37. The summed E-state index contributed by atoms with van der Waals surface area (Å²) in [5.74, 6) is -2.69. The van der Waals surface area contributed by atoms with Gasteiger partial charge in [-0.25, -0.2) is 0 Å². The van der Waals surface area contributed by atoms with Crippen LogP contribution >= 0.6 is 12.4 Å². The van der Waals surface area contributed by atoms with Gasteiger partial charge in [0.2, 0.25) is 5.91 Å². The molecule has 1 amide bonds. The summed E-state index contributed by atoms with van der Waals surface area (Å²) >= 11 is 0. The fourth-order valence-electron chi connectivity index (χ4n) is 3.04. The van der Waals surface area contributed by atoms with Crippen LogP contribution in [0.5, 0.6) is 0 Å². The summed E-state index contributed by atoms with van der Waals surface area (Å²) in [6.07, 6.45) is -1.86. The van der Waals surface area contributed by atoms with Crippen molar-refractivity contribution in [3.05, 3.63) is 0 Å². The SMILES string of the molecule is Cl.N[C@H]1CCN(C(=O)C2CCCCC2C(F)(F)F)C1. The Kier molecular flexibility index (Phi) is 5.50. The van der Waals surface area contributed by atoms with Gasteiger partial charge in [0.1, 0.15) is 0 Å². The number of halogens is 4. The Labute approximate surface area is 117 Å². The highest BCUT2D eigenvalue weighted by Crippen LogP contribution is 2.42. The van der Waals surface area contributed by atoms with Crippen LogP contribution in [-0.4, -0.2) is 36.1 Å². The van der Waals surface area contributed by atoms with E-state index in [0.29, 0.717) is 38.8 Å². The Bertz CT molecular complexity index is 325. The fraction of sp³-hybridized carbons (Fsp3) is 0.917. The number of nitrogens with zero attached hydrogens (tertiary/aromatic N) is 1. The number of carbonyl (C=O) groups excluding carboxylic acids is 1. The van der Waals surface area contributed by atoms with Crippen LogP contribution in [0, 0.1) is 11.8 Å². The maximum Gasteiger partial charge on any atom is 0.392 e. The molecule has 112 valence electrons. The highest BCUT2D eigenvalue weighted by molar-refractivity contribution is 5.85. The molecule has 7 heteroatoms. The van der Waals surface area contributed by atoms with Gasteiger partial charge in [-0.2, -0.15) is 13.2 Å². The Balaban J connectivity index is 0.00000180. The molecule has 1 saturated heterocycles. The number of alkyl halides is 3. The molecule has 1 saturated carbocycles. The molecule has 2 aliphatic rings. The van der Waals surface area contributed by atoms with Gasteiger partial charge in [-0.1, -0.05) is 12.8 Å². The summed E-state index contributed by atoms with van der Waals surface area (Å²) < 4.78 is 38.8. The first-order chi connectivity index (χ1) is 8.39. The number of amides is 1. The second kappa shape index (κ2) is 6.31. The van der Waals surface area contributed by atoms with Gasteiger partial charge in [-0.15, -0.1) is 12.4 Å². The van der Waals surface area contributed by atoms with Crippen molar-refractivity contribution in [1.29, 1.82) is 0 Å². The quantitative estimate of drug-likeness (QED) is 0.808. The molecule has 2 N–H and O–H groups in total. The average molecular weight is 301 g/mol. The van der Waals surface area contributed by atoms with Gasteiger partial charge in [-0.05, 0) is 19.3 Å². The van der Waals surface area contributed by atoms with Crippen LogP contribution in [0.25, 0.3) is 0 Å². The van der Waals surface area contributed by atoms with Crippen molar-refractivity contribution in [2.24, 2.45) is 17.6 Å². The first-order valence-electron chi connectivity index (χ1n) is 6.50. The van der Waals surface area contributed by atoms with Crippen LogP contribution in [0.15, 0.2) is 0 Å². The second-order valence-corrected chi connectivity index (χ2v) is 5.37. The van der Waals surface area contributed by atoms with Crippen LogP contribution in [0.1, 0.15) is 32.1 Å². The number of likely N-dealkylation sites (tertiary alicyclic amines) is 1. The molecule has 0 spiro atoms. The van der Waals surface area contributed by atoms with Gasteiger partial charge >= 0.3 is 6.18 Å². The Hall–Kier alpha value is -0.490. The van der Waals surface area contributed by atoms with Crippen LogP contribution < -0.4 is 5.73 Å². The van der Waals surface area contributed by atoms with Gasteiger partial charge in [0, 0.05) is 25.0 Å². The first kappa shape index (κ1) is 16.6. The molecule has 2 fully saturated rings. The molecule has 2 rings (SSSR count). The molecule has 1 aliphatic heterocycles. The molecule has 1 heterocycles. The van der Waals surface area contributed by atoms with Crippen molar-refractivity contribution in [2.75, 3.05) is 13.1 Å². The molecule has 1 aliphatic carbocycles. The number of hydrogen-bond acceptors (Lipinski definition) is 2. The van der Waals surface area contributed by atoms with Crippen LogP contribution in [0.3, 0.4) is 0 Å². The molecule has 0 aromatic heterocycles. The van der Waals surface area contributed by atoms with Crippen molar-refractivity contribution in [3.8, 4) is 0 Å². The van der Waals surface area contributed by atoms with Crippen LogP contribution in [0.4, 0.5) is 13.2 Å². The van der Waals surface area contributed by atoms with E-state index < -0.39 is 18.0 Å².